The fourth-order valence-electron chi connectivity index (χ4n) is 4.44. The Morgan fingerprint density at radius 1 is 1.00 bits per heavy atom. The maximum atomic E-state index is 12.8. The average Bonchev–Trinajstić information content (AvgIpc) is 3.20. The molecule has 4 rings (SSSR count). The van der Waals surface area contributed by atoms with Crippen LogP contribution in [0.25, 0.3) is 0 Å². The standard InChI is InChI=1S/C25H28N4O2S/c1-19-16-20(2)27-24(26-19)32-17-23(31)29-15-12-25(18-29)10-13-28(14-11-25)22(30)9-8-21-6-4-3-5-7-21/h3-7,16H,10-15,17-18H2,1-2H3. The van der Waals surface area contributed by atoms with Gasteiger partial charge in [-0.25, -0.2) is 9.97 Å². The van der Waals surface area contributed by atoms with Crippen LogP contribution in [-0.4, -0.2) is 63.5 Å². The zero-order valence-electron chi connectivity index (χ0n) is 18.6. The molecule has 0 aliphatic carbocycles. The number of amides is 2. The van der Waals surface area contributed by atoms with E-state index in [0.29, 0.717) is 24.0 Å². The molecule has 0 saturated carbocycles. The van der Waals surface area contributed by atoms with Crippen LogP contribution in [0.1, 0.15) is 36.2 Å². The van der Waals surface area contributed by atoms with Crippen molar-refractivity contribution in [2.45, 2.75) is 38.3 Å². The van der Waals surface area contributed by atoms with Gasteiger partial charge >= 0.3 is 0 Å². The largest absolute Gasteiger partial charge is 0.341 e. The van der Waals surface area contributed by atoms with E-state index in [9.17, 15) is 9.59 Å². The number of likely N-dealkylation sites (tertiary alicyclic amines) is 2. The molecule has 166 valence electrons. The van der Waals surface area contributed by atoms with Gasteiger partial charge in [0.1, 0.15) is 0 Å². The van der Waals surface area contributed by atoms with Crippen LogP contribution in [0.15, 0.2) is 41.6 Å². The Morgan fingerprint density at radius 2 is 1.62 bits per heavy atom. The quantitative estimate of drug-likeness (QED) is 0.410. The van der Waals surface area contributed by atoms with Crippen molar-refractivity contribution in [3.63, 3.8) is 0 Å². The molecule has 1 spiro atoms. The molecule has 2 amide bonds. The average molecular weight is 449 g/mol. The zero-order chi connectivity index (χ0) is 22.6. The molecule has 1 aromatic heterocycles. The number of nitrogens with zero attached hydrogens (tertiary/aromatic N) is 4. The second-order valence-corrected chi connectivity index (χ2v) is 9.64. The topological polar surface area (TPSA) is 66.4 Å². The minimum Gasteiger partial charge on any atom is -0.341 e. The van der Waals surface area contributed by atoms with E-state index in [1.807, 2.05) is 60.0 Å². The molecule has 7 heteroatoms. The predicted molar refractivity (Wildman–Crippen MR) is 125 cm³/mol. The van der Waals surface area contributed by atoms with Crippen LogP contribution in [0.2, 0.25) is 0 Å². The summed E-state index contributed by atoms with van der Waals surface area (Å²) in [5, 5.41) is 0.660. The first-order valence-electron chi connectivity index (χ1n) is 11.0. The molecule has 1 aromatic carbocycles. The molecule has 2 aliphatic heterocycles. The van der Waals surface area contributed by atoms with Gasteiger partial charge in [-0.05, 0) is 56.7 Å². The summed E-state index contributed by atoms with van der Waals surface area (Å²) in [6, 6.07) is 11.5. The Bertz CT molecular complexity index is 1030. The molecule has 2 fully saturated rings. The summed E-state index contributed by atoms with van der Waals surface area (Å²) in [6.07, 6.45) is 2.84. The van der Waals surface area contributed by atoms with E-state index in [2.05, 4.69) is 21.8 Å². The number of thioether (sulfide) groups is 1. The number of benzene rings is 1. The van der Waals surface area contributed by atoms with Gasteiger partial charge in [-0.3, -0.25) is 9.59 Å². The maximum absolute atomic E-state index is 12.8. The number of carbonyl (C=O) groups is 2. The van der Waals surface area contributed by atoms with Crippen LogP contribution < -0.4 is 0 Å². The molecule has 2 aliphatic rings. The molecule has 2 aromatic rings. The van der Waals surface area contributed by atoms with E-state index in [-0.39, 0.29) is 17.2 Å². The Balaban J connectivity index is 1.26. The molecule has 0 bridgehead atoms. The Morgan fingerprint density at radius 3 is 2.28 bits per heavy atom. The lowest BCUT2D eigenvalue weighted by Crippen LogP contribution is -2.44. The van der Waals surface area contributed by atoms with Crippen LogP contribution in [0.5, 0.6) is 0 Å². The Hall–Kier alpha value is -2.85. The lowest BCUT2D eigenvalue weighted by molar-refractivity contribution is -0.129. The first-order chi connectivity index (χ1) is 15.4. The molecule has 0 unspecified atom stereocenters. The van der Waals surface area contributed by atoms with Crippen molar-refractivity contribution in [2.75, 3.05) is 31.9 Å². The number of hydrogen-bond donors (Lipinski definition) is 0. The number of rotatable bonds is 3. The number of aromatic nitrogens is 2. The minimum absolute atomic E-state index is 0.112. The number of hydrogen-bond acceptors (Lipinski definition) is 5. The summed E-state index contributed by atoms with van der Waals surface area (Å²) in [5.74, 6) is 6.11. The third kappa shape index (κ3) is 5.49. The Labute approximate surface area is 193 Å². The van der Waals surface area contributed by atoms with Crippen molar-refractivity contribution in [1.29, 1.82) is 0 Å². The highest BCUT2D eigenvalue weighted by molar-refractivity contribution is 7.99. The first kappa shape index (κ1) is 22.3. The maximum Gasteiger partial charge on any atom is 0.298 e. The van der Waals surface area contributed by atoms with Crippen molar-refractivity contribution in [2.24, 2.45) is 5.41 Å². The van der Waals surface area contributed by atoms with Crippen molar-refractivity contribution < 1.29 is 9.59 Å². The monoisotopic (exact) mass is 448 g/mol. The molecule has 0 N–H and O–H groups in total. The fourth-order valence-corrected chi connectivity index (χ4v) is 5.29. The number of carbonyl (C=O) groups excluding carboxylic acids is 2. The van der Waals surface area contributed by atoms with Crippen LogP contribution in [0.4, 0.5) is 0 Å². The van der Waals surface area contributed by atoms with Crippen molar-refractivity contribution in [3.8, 4) is 11.8 Å². The van der Waals surface area contributed by atoms with Crippen LogP contribution in [0.3, 0.4) is 0 Å². The summed E-state index contributed by atoms with van der Waals surface area (Å²) >= 11 is 1.41. The SMILES string of the molecule is Cc1cc(C)nc(SCC(=O)N2CCC3(CCN(C(=O)C#Cc4ccccc4)CC3)C2)n1. The third-order valence-corrected chi connectivity index (χ3v) is 7.11. The van der Waals surface area contributed by atoms with Gasteiger partial charge in [0, 0.05) is 49.1 Å². The van der Waals surface area contributed by atoms with Crippen LogP contribution in [0, 0.1) is 31.1 Å². The lowest BCUT2D eigenvalue weighted by Gasteiger charge is -2.38. The summed E-state index contributed by atoms with van der Waals surface area (Å²) < 4.78 is 0. The molecule has 0 radical (unpaired) electrons. The van der Waals surface area contributed by atoms with Crippen molar-refractivity contribution >= 4 is 23.6 Å². The smallest absolute Gasteiger partial charge is 0.298 e. The predicted octanol–water partition coefficient (Wildman–Crippen LogP) is 3.08. The number of piperidine rings is 1. The van der Waals surface area contributed by atoms with E-state index in [1.165, 1.54) is 11.8 Å². The van der Waals surface area contributed by atoms with E-state index >= 15 is 0 Å². The summed E-state index contributed by atoms with van der Waals surface area (Å²) in [4.78, 5) is 37.9. The van der Waals surface area contributed by atoms with Gasteiger partial charge in [-0.2, -0.15) is 0 Å². The highest BCUT2D eigenvalue weighted by Gasteiger charge is 2.42. The molecule has 6 nitrogen and oxygen atoms in total. The molecule has 2 saturated heterocycles. The van der Waals surface area contributed by atoms with E-state index in [1.54, 1.807) is 0 Å². The summed E-state index contributed by atoms with van der Waals surface area (Å²) in [6.45, 7) is 6.85. The van der Waals surface area contributed by atoms with Crippen molar-refractivity contribution in [3.05, 3.63) is 53.3 Å². The van der Waals surface area contributed by atoms with Gasteiger partial charge in [0.15, 0.2) is 5.16 Å². The normalized spacial score (nSPS) is 17.2. The fraction of sp³-hybridized carbons (Fsp3) is 0.440. The summed E-state index contributed by atoms with van der Waals surface area (Å²) in [5.41, 5.74) is 2.81. The van der Waals surface area contributed by atoms with Gasteiger partial charge in [-0.15, -0.1) is 0 Å². The molecule has 3 heterocycles. The lowest BCUT2D eigenvalue weighted by atomic mass is 9.78. The van der Waals surface area contributed by atoms with Crippen LogP contribution in [-0.2, 0) is 9.59 Å². The van der Waals surface area contributed by atoms with Gasteiger partial charge < -0.3 is 9.80 Å². The molecular formula is C25H28N4O2S. The van der Waals surface area contributed by atoms with Gasteiger partial charge in [0.25, 0.3) is 5.91 Å². The minimum atomic E-state index is -0.112. The molecule has 32 heavy (non-hydrogen) atoms. The van der Waals surface area contributed by atoms with Gasteiger partial charge in [0.2, 0.25) is 5.91 Å². The highest BCUT2D eigenvalue weighted by Crippen LogP contribution is 2.40. The van der Waals surface area contributed by atoms with Crippen molar-refractivity contribution in [1.82, 2.24) is 19.8 Å². The first-order valence-corrected chi connectivity index (χ1v) is 12.0. The zero-order valence-corrected chi connectivity index (χ0v) is 19.5. The van der Waals surface area contributed by atoms with Gasteiger partial charge in [-0.1, -0.05) is 35.9 Å². The molecule has 0 atom stereocenters. The third-order valence-electron chi connectivity index (χ3n) is 6.28. The number of aryl methyl sites for hydroxylation is 2. The summed E-state index contributed by atoms with van der Waals surface area (Å²) in [7, 11) is 0. The van der Waals surface area contributed by atoms with E-state index in [0.717, 1.165) is 49.3 Å². The van der Waals surface area contributed by atoms with E-state index < -0.39 is 0 Å². The Kier molecular flexibility index (Phi) is 6.80. The molecular weight excluding hydrogens is 420 g/mol. The van der Waals surface area contributed by atoms with E-state index in [4.69, 9.17) is 0 Å². The second kappa shape index (κ2) is 9.74. The van der Waals surface area contributed by atoms with Gasteiger partial charge in [0.05, 0.1) is 5.75 Å². The highest BCUT2D eigenvalue weighted by atomic mass is 32.2. The van der Waals surface area contributed by atoms with Crippen LogP contribution >= 0.6 is 11.8 Å². The second-order valence-electron chi connectivity index (χ2n) is 8.70.